The SMILES string of the molecule is Cc1nn(CC(C)C)c(C)c1CCC(=O)NCc1ccc(NC(N)=O)cc1. The molecular weight excluding hydrogens is 342 g/mol. The second-order valence-electron chi connectivity index (χ2n) is 7.19. The van der Waals surface area contributed by atoms with Crippen LogP contribution in [0.15, 0.2) is 24.3 Å². The Morgan fingerprint density at radius 3 is 2.44 bits per heavy atom. The van der Waals surface area contributed by atoms with Crippen LogP contribution in [0.2, 0.25) is 0 Å². The number of benzene rings is 1. The van der Waals surface area contributed by atoms with E-state index in [-0.39, 0.29) is 5.91 Å². The van der Waals surface area contributed by atoms with Crippen LogP contribution in [0.4, 0.5) is 10.5 Å². The predicted molar refractivity (Wildman–Crippen MR) is 106 cm³/mol. The van der Waals surface area contributed by atoms with Gasteiger partial charge in [-0.3, -0.25) is 9.48 Å². The molecule has 2 rings (SSSR count). The molecule has 0 saturated heterocycles. The highest BCUT2D eigenvalue weighted by Crippen LogP contribution is 2.16. The van der Waals surface area contributed by atoms with Gasteiger partial charge in [-0.25, -0.2) is 4.79 Å². The van der Waals surface area contributed by atoms with Crippen LogP contribution in [-0.4, -0.2) is 21.7 Å². The lowest BCUT2D eigenvalue weighted by Gasteiger charge is -2.09. The quantitative estimate of drug-likeness (QED) is 0.665. The number of carbonyl (C=O) groups excluding carboxylic acids is 2. The van der Waals surface area contributed by atoms with Crippen LogP contribution >= 0.6 is 0 Å². The number of primary amides is 1. The smallest absolute Gasteiger partial charge is 0.316 e. The van der Waals surface area contributed by atoms with Gasteiger partial charge in [0.05, 0.1) is 5.69 Å². The van der Waals surface area contributed by atoms with Crippen molar-refractivity contribution in [1.29, 1.82) is 0 Å². The first-order valence-corrected chi connectivity index (χ1v) is 9.21. The fourth-order valence-electron chi connectivity index (χ4n) is 3.00. The molecule has 2 aromatic rings. The molecule has 27 heavy (non-hydrogen) atoms. The van der Waals surface area contributed by atoms with E-state index in [4.69, 9.17) is 5.73 Å². The van der Waals surface area contributed by atoms with E-state index >= 15 is 0 Å². The molecule has 146 valence electrons. The minimum absolute atomic E-state index is 0.00440. The monoisotopic (exact) mass is 371 g/mol. The molecule has 3 amide bonds. The summed E-state index contributed by atoms with van der Waals surface area (Å²) >= 11 is 0. The number of amides is 3. The van der Waals surface area contributed by atoms with Crippen LogP contribution in [0.3, 0.4) is 0 Å². The van der Waals surface area contributed by atoms with Gasteiger partial charge in [0, 0.05) is 30.9 Å². The van der Waals surface area contributed by atoms with E-state index in [1.165, 1.54) is 0 Å². The predicted octanol–water partition coefficient (Wildman–Crippen LogP) is 2.90. The van der Waals surface area contributed by atoms with Crippen molar-refractivity contribution >= 4 is 17.6 Å². The first kappa shape index (κ1) is 20.5. The molecule has 0 bridgehead atoms. The number of anilines is 1. The molecule has 0 aliphatic carbocycles. The Hall–Kier alpha value is -2.83. The molecule has 0 radical (unpaired) electrons. The molecule has 4 N–H and O–H groups in total. The largest absolute Gasteiger partial charge is 0.352 e. The lowest BCUT2D eigenvalue weighted by atomic mass is 10.1. The number of nitrogens with zero attached hydrogens (tertiary/aromatic N) is 2. The van der Waals surface area contributed by atoms with Crippen molar-refractivity contribution in [2.75, 3.05) is 5.32 Å². The van der Waals surface area contributed by atoms with Crippen molar-refractivity contribution in [2.45, 2.75) is 53.6 Å². The van der Waals surface area contributed by atoms with E-state index < -0.39 is 6.03 Å². The summed E-state index contributed by atoms with van der Waals surface area (Å²) in [6.45, 7) is 9.73. The summed E-state index contributed by atoms with van der Waals surface area (Å²) in [5.74, 6) is 0.536. The Kier molecular flexibility index (Phi) is 6.98. The molecule has 0 spiro atoms. The van der Waals surface area contributed by atoms with E-state index in [9.17, 15) is 9.59 Å². The summed E-state index contributed by atoms with van der Waals surface area (Å²) in [6.07, 6.45) is 1.11. The highest BCUT2D eigenvalue weighted by atomic mass is 16.2. The summed E-state index contributed by atoms with van der Waals surface area (Å²) in [5, 5.41) is 10.0. The van der Waals surface area contributed by atoms with Gasteiger partial charge in [0.15, 0.2) is 0 Å². The van der Waals surface area contributed by atoms with E-state index in [1.54, 1.807) is 12.1 Å². The van der Waals surface area contributed by atoms with Gasteiger partial charge in [-0.2, -0.15) is 5.10 Å². The Labute approximate surface area is 160 Å². The maximum atomic E-state index is 12.2. The van der Waals surface area contributed by atoms with Gasteiger partial charge >= 0.3 is 6.03 Å². The number of nitrogens with one attached hydrogen (secondary N) is 2. The normalized spacial score (nSPS) is 10.9. The van der Waals surface area contributed by atoms with Crippen LogP contribution in [0, 0.1) is 19.8 Å². The maximum Gasteiger partial charge on any atom is 0.316 e. The molecule has 1 heterocycles. The molecule has 1 aromatic carbocycles. The van der Waals surface area contributed by atoms with Gasteiger partial charge in [0.1, 0.15) is 0 Å². The van der Waals surface area contributed by atoms with Crippen molar-refractivity contribution in [2.24, 2.45) is 11.7 Å². The minimum atomic E-state index is -0.599. The van der Waals surface area contributed by atoms with E-state index in [0.717, 1.165) is 29.1 Å². The molecule has 0 atom stereocenters. The molecule has 0 unspecified atom stereocenters. The number of hydrogen-bond donors (Lipinski definition) is 3. The Bertz CT molecular complexity index is 793. The molecule has 0 aliphatic rings. The standard InChI is InChI=1S/C20H29N5O2/c1-13(2)12-25-15(4)18(14(3)24-25)9-10-19(26)22-11-16-5-7-17(8-6-16)23-20(21)27/h5-8,13H,9-12H2,1-4H3,(H,22,26)(H3,21,23,27). The third-order valence-corrected chi connectivity index (χ3v) is 4.38. The summed E-state index contributed by atoms with van der Waals surface area (Å²) in [4.78, 5) is 23.0. The van der Waals surface area contributed by atoms with Crippen LogP contribution in [0.1, 0.15) is 42.8 Å². The molecule has 0 saturated carbocycles. The fraction of sp³-hybridized carbons (Fsp3) is 0.450. The van der Waals surface area contributed by atoms with Crippen LogP contribution < -0.4 is 16.4 Å². The molecular formula is C20H29N5O2. The van der Waals surface area contributed by atoms with Gasteiger partial charge in [-0.1, -0.05) is 26.0 Å². The zero-order chi connectivity index (χ0) is 20.0. The van der Waals surface area contributed by atoms with Crippen molar-refractivity contribution in [3.05, 3.63) is 46.8 Å². The summed E-state index contributed by atoms with van der Waals surface area (Å²) < 4.78 is 2.04. The molecule has 0 fully saturated rings. The highest BCUT2D eigenvalue weighted by Gasteiger charge is 2.13. The number of nitrogens with two attached hydrogens (primary N) is 1. The van der Waals surface area contributed by atoms with E-state index in [0.29, 0.717) is 31.0 Å². The Morgan fingerprint density at radius 1 is 1.19 bits per heavy atom. The second kappa shape index (κ2) is 9.21. The number of urea groups is 1. The van der Waals surface area contributed by atoms with Crippen molar-refractivity contribution in [1.82, 2.24) is 15.1 Å². The summed E-state index contributed by atoms with van der Waals surface area (Å²) in [5.41, 5.74) is 9.96. The van der Waals surface area contributed by atoms with Gasteiger partial charge in [-0.05, 0) is 49.4 Å². The number of carbonyl (C=O) groups is 2. The van der Waals surface area contributed by atoms with Gasteiger partial charge in [0.2, 0.25) is 5.91 Å². The zero-order valence-electron chi connectivity index (χ0n) is 16.5. The average Bonchev–Trinajstić information content (AvgIpc) is 2.84. The highest BCUT2D eigenvalue weighted by molar-refractivity contribution is 5.87. The topological polar surface area (TPSA) is 102 Å². The van der Waals surface area contributed by atoms with Gasteiger partial charge in [0.25, 0.3) is 0 Å². The second-order valence-corrected chi connectivity index (χ2v) is 7.19. The Balaban J connectivity index is 1.84. The Morgan fingerprint density at radius 2 is 1.85 bits per heavy atom. The summed E-state index contributed by atoms with van der Waals surface area (Å²) in [6, 6.07) is 6.59. The minimum Gasteiger partial charge on any atom is -0.352 e. The maximum absolute atomic E-state index is 12.2. The average molecular weight is 371 g/mol. The van der Waals surface area contributed by atoms with Crippen molar-refractivity contribution < 1.29 is 9.59 Å². The lowest BCUT2D eigenvalue weighted by molar-refractivity contribution is -0.121. The first-order valence-electron chi connectivity index (χ1n) is 9.21. The van der Waals surface area contributed by atoms with Crippen LogP contribution in [0.5, 0.6) is 0 Å². The fourth-order valence-corrected chi connectivity index (χ4v) is 3.00. The number of aryl methyl sites for hydroxylation is 1. The van der Waals surface area contributed by atoms with Crippen LogP contribution in [-0.2, 0) is 24.3 Å². The number of aromatic nitrogens is 2. The van der Waals surface area contributed by atoms with Gasteiger partial charge in [-0.15, -0.1) is 0 Å². The van der Waals surface area contributed by atoms with E-state index in [2.05, 4.69) is 36.5 Å². The molecule has 0 aliphatic heterocycles. The zero-order valence-corrected chi connectivity index (χ0v) is 16.5. The molecule has 7 heteroatoms. The van der Waals surface area contributed by atoms with Crippen molar-refractivity contribution in [3.63, 3.8) is 0 Å². The number of hydrogen-bond acceptors (Lipinski definition) is 3. The van der Waals surface area contributed by atoms with E-state index in [1.807, 2.05) is 23.7 Å². The number of rotatable bonds is 8. The lowest BCUT2D eigenvalue weighted by Crippen LogP contribution is -2.23. The molecule has 1 aromatic heterocycles. The third-order valence-electron chi connectivity index (χ3n) is 4.38. The first-order chi connectivity index (χ1) is 12.8. The molecule has 7 nitrogen and oxygen atoms in total. The van der Waals surface area contributed by atoms with Gasteiger partial charge < -0.3 is 16.4 Å². The summed E-state index contributed by atoms with van der Waals surface area (Å²) in [7, 11) is 0. The third kappa shape index (κ3) is 6.13. The van der Waals surface area contributed by atoms with Crippen LogP contribution in [0.25, 0.3) is 0 Å². The van der Waals surface area contributed by atoms with Crippen molar-refractivity contribution in [3.8, 4) is 0 Å².